The molecule has 1 saturated carbocycles. The number of aliphatic carboxylic acids is 1. The smallest absolute Gasteiger partial charge is 0.322 e. The Morgan fingerprint density at radius 1 is 1.18 bits per heavy atom. The largest absolute Gasteiger partial charge is 0.480 e. The molecule has 2 fully saturated rings. The van der Waals surface area contributed by atoms with E-state index in [2.05, 4.69) is 4.90 Å². The predicted molar refractivity (Wildman–Crippen MR) is 66.8 cm³/mol. The second kappa shape index (κ2) is 5.36. The zero-order valence-corrected chi connectivity index (χ0v) is 10.5. The van der Waals surface area contributed by atoms with Crippen LogP contribution in [-0.2, 0) is 4.79 Å². The molecule has 1 atom stereocenters. The Morgan fingerprint density at radius 3 is 2.24 bits per heavy atom. The van der Waals surface area contributed by atoms with E-state index < -0.39 is 12.0 Å². The van der Waals surface area contributed by atoms with E-state index in [1.807, 2.05) is 0 Å². The summed E-state index contributed by atoms with van der Waals surface area (Å²) < 4.78 is 0. The summed E-state index contributed by atoms with van der Waals surface area (Å²) in [5.74, 6) is -0.771. The van der Waals surface area contributed by atoms with Crippen LogP contribution in [0.4, 0.5) is 0 Å². The Bertz CT molecular complexity index is 265. The summed E-state index contributed by atoms with van der Waals surface area (Å²) in [6.07, 6.45) is 9.13. The third-order valence-electron chi connectivity index (χ3n) is 4.72. The van der Waals surface area contributed by atoms with Crippen molar-refractivity contribution < 1.29 is 9.90 Å². The summed E-state index contributed by atoms with van der Waals surface area (Å²) in [6, 6.07) is -0.476. The molecule has 17 heavy (non-hydrogen) atoms. The number of nitrogens with zero attached hydrogens (tertiary/aromatic N) is 1. The Kier molecular flexibility index (Phi) is 4.05. The lowest BCUT2D eigenvalue weighted by Crippen LogP contribution is -2.51. The highest BCUT2D eigenvalue weighted by atomic mass is 16.4. The lowest BCUT2D eigenvalue weighted by atomic mass is 9.68. The summed E-state index contributed by atoms with van der Waals surface area (Å²) in [6.45, 7) is 2.05. The number of nitrogens with two attached hydrogens (primary N) is 1. The number of carboxylic acids is 1. The molecule has 1 unspecified atom stereocenters. The first-order chi connectivity index (χ1) is 8.17. The summed E-state index contributed by atoms with van der Waals surface area (Å²) in [4.78, 5) is 13.1. The normalized spacial score (nSPS) is 26.9. The van der Waals surface area contributed by atoms with Gasteiger partial charge in [-0.2, -0.15) is 0 Å². The zero-order valence-electron chi connectivity index (χ0n) is 10.5. The van der Waals surface area contributed by atoms with Crippen LogP contribution in [0.2, 0.25) is 0 Å². The van der Waals surface area contributed by atoms with Crippen molar-refractivity contribution in [2.24, 2.45) is 11.1 Å². The molecular formula is C13H24N2O2. The molecule has 1 heterocycles. The first-order valence-corrected chi connectivity index (χ1v) is 6.84. The number of hydrogen-bond donors (Lipinski definition) is 2. The molecule has 0 amide bonds. The van der Waals surface area contributed by atoms with Crippen LogP contribution in [0.25, 0.3) is 0 Å². The number of hydrogen-bond acceptors (Lipinski definition) is 3. The van der Waals surface area contributed by atoms with Crippen LogP contribution in [-0.4, -0.2) is 41.7 Å². The SMILES string of the molecule is NCC(C(=O)O)N1CCC2(CCCCC2)CC1. The van der Waals surface area contributed by atoms with Crippen LogP contribution in [0.3, 0.4) is 0 Å². The zero-order chi connectivity index (χ0) is 12.3. The monoisotopic (exact) mass is 240 g/mol. The van der Waals surface area contributed by atoms with E-state index in [1.165, 1.54) is 32.1 Å². The second-order valence-corrected chi connectivity index (χ2v) is 5.69. The Balaban J connectivity index is 1.90. The van der Waals surface area contributed by atoms with E-state index in [4.69, 9.17) is 10.8 Å². The fourth-order valence-corrected chi connectivity index (χ4v) is 3.52. The van der Waals surface area contributed by atoms with Gasteiger partial charge in [0.2, 0.25) is 0 Å². The number of piperidine rings is 1. The molecule has 1 aliphatic carbocycles. The van der Waals surface area contributed by atoms with Gasteiger partial charge in [0.25, 0.3) is 0 Å². The minimum atomic E-state index is -0.771. The first kappa shape index (κ1) is 12.8. The van der Waals surface area contributed by atoms with Gasteiger partial charge >= 0.3 is 5.97 Å². The molecule has 2 rings (SSSR count). The fraction of sp³-hybridized carbons (Fsp3) is 0.923. The van der Waals surface area contributed by atoms with Crippen LogP contribution < -0.4 is 5.73 Å². The van der Waals surface area contributed by atoms with Gasteiger partial charge in [0.15, 0.2) is 0 Å². The van der Waals surface area contributed by atoms with E-state index in [9.17, 15) is 4.79 Å². The molecule has 0 aromatic rings. The third kappa shape index (κ3) is 2.80. The molecule has 4 nitrogen and oxygen atoms in total. The number of carbonyl (C=O) groups is 1. The fourth-order valence-electron chi connectivity index (χ4n) is 3.52. The number of carboxylic acid groups (broad SMARTS) is 1. The Hall–Kier alpha value is -0.610. The summed E-state index contributed by atoms with van der Waals surface area (Å²) in [7, 11) is 0. The van der Waals surface area contributed by atoms with Gasteiger partial charge in [-0.05, 0) is 44.2 Å². The van der Waals surface area contributed by atoms with Crippen LogP contribution in [0, 0.1) is 5.41 Å². The van der Waals surface area contributed by atoms with E-state index in [-0.39, 0.29) is 6.54 Å². The second-order valence-electron chi connectivity index (χ2n) is 5.69. The standard InChI is InChI=1S/C13H24N2O2/c14-10-11(12(16)17)15-8-6-13(7-9-15)4-2-1-3-5-13/h11H,1-10,14H2,(H,16,17). The number of likely N-dealkylation sites (tertiary alicyclic amines) is 1. The van der Waals surface area contributed by atoms with Crippen LogP contribution in [0.5, 0.6) is 0 Å². The van der Waals surface area contributed by atoms with Gasteiger partial charge in [-0.25, -0.2) is 0 Å². The van der Waals surface area contributed by atoms with Gasteiger partial charge in [-0.15, -0.1) is 0 Å². The van der Waals surface area contributed by atoms with Crippen molar-refractivity contribution in [2.75, 3.05) is 19.6 Å². The molecular weight excluding hydrogens is 216 g/mol. The van der Waals surface area contributed by atoms with Gasteiger partial charge in [0.1, 0.15) is 6.04 Å². The van der Waals surface area contributed by atoms with E-state index in [0.717, 1.165) is 25.9 Å². The van der Waals surface area contributed by atoms with E-state index in [1.54, 1.807) is 0 Å². The van der Waals surface area contributed by atoms with E-state index >= 15 is 0 Å². The van der Waals surface area contributed by atoms with Crippen LogP contribution in [0.1, 0.15) is 44.9 Å². The maximum absolute atomic E-state index is 11.1. The molecule has 1 saturated heterocycles. The van der Waals surface area contributed by atoms with Crippen molar-refractivity contribution in [1.29, 1.82) is 0 Å². The summed E-state index contributed by atoms with van der Waals surface area (Å²) in [5, 5.41) is 9.11. The molecule has 98 valence electrons. The van der Waals surface area contributed by atoms with Crippen molar-refractivity contribution in [3.05, 3.63) is 0 Å². The first-order valence-electron chi connectivity index (χ1n) is 6.84. The topological polar surface area (TPSA) is 66.6 Å². The van der Waals surface area contributed by atoms with Crippen molar-refractivity contribution in [1.82, 2.24) is 4.90 Å². The highest BCUT2D eigenvalue weighted by Crippen LogP contribution is 2.44. The third-order valence-corrected chi connectivity index (χ3v) is 4.72. The molecule has 2 aliphatic rings. The summed E-state index contributed by atoms with van der Waals surface area (Å²) in [5.41, 5.74) is 6.09. The van der Waals surface area contributed by atoms with Crippen molar-refractivity contribution in [3.63, 3.8) is 0 Å². The maximum atomic E-state index is 11.1. The maximum Gasteiger partial charge on any atom is 0.322 e. The van der Waals surface area contributed by atoms with Crippen molar-refractivity contribution in [2.45, 2.75) is 51.0 Å². The highest BCUT2D eigenvalue weighted by Gasteiger charge is 2.38. The minimum absolute atomic E-state index is 0.225. The van der Waals surface area contributed by atoms with Crippen LogP contribution in [0.15, 0.2) is 0 Å². The van der Waals surface area contributed by atoms with Crippen molar-refractivity contribution >= 4 is 5.97 Å². The molecule has 0 aromatic heterocycles. The molecule has 1 spiro atoms. The molecule has 1 aliphatic heterocycles. The minimum Gasteiger partial charge on any atom is -0.480 e. The van der Waals surface area contributed by atoms with Gasteiger partial charge in [-0.1, -0.05) is 19.3 Å². The van der Waals surface area contributed by atoms with Gasteiger partial charge < -0.3 is 10.8 Å². The molecule has 4 heteroatoms. The Labute approximate surface area is 103 Å². The van der Waals surface area contributed by atoms with Gasteiger partial charge in [-0.3, -0.25) is 9.69 Å². The van der Waals surface area contributed by atoms with Gasteiger partial charge in [0.05, 0.1) is 0 Å². The highest BCUT2D eigenvalue weighted by molar-refractivity contribution is 5.73. The molecule has 0 aromatic carbocycles. The Morgan fingerprint density at radius 2 is 1.76 bits per heavy atom. The average Bonchev–Trinajstić information content (AvgIpc) is 2.33. The lowest BCUT2D eigenvalue weighted by Gasteiger charge is -2.45. The predicted octanol–water partition coefficient (Wildman–Crippen LogP) is 1.44. The van der Waals surface area contributed by atoms with Crippen LogP contribution >= 0.6 is 0 Å². The number of rotatable bonds is 3. The van der Waals surface area contributed by atoms with E-state index in [0.29, 0.717) is 5.41 Å². The van der Waals surface area contributed by atoms with Gasteiger partial charge in [0, 0.05) is 6.54 Å². The molecule has 0 radical (unpaired) electrons. The molecule has 0 bridgehead atoms. The lowest BCUT2D eigenvalue weighted by molar-refractivity contribution is -0.144. The molecule has 3 N–H and O–H groups in total. The quantitative estimate of drug-likeness (QED) is 0.783. The van der Waals surface area contributed by atoms with Crippen molar-refractivity contribution in [3.8, 4) is 0 Å². The average molecular weight is 240 g/mol. The summed E-state index contributed by atoms with van der Waals surface area (Å²) >= 11 is 0.